The van der Waals surface area contributed by atoms with Crippen LogP contribution in [0.2, 0.25) is 0 Å². The molecule has 3 rings (SSSR count). The van der Waals surface area contributed by atoms with E-state index in [0.717, 1.165) is 30.9 Å². The first-order valence-electron chi connectivity index (χ1n) is 9.22. The van der Waals surface area contributed by atoms with E-state index in [0.29, 0.717) is 6.54 Å². The average molecular weight is 389 g/mol. The summed E-state index contributed by atoms with van der Waals surface area (Å²) in [6.45, 7) is 3.13. The molecule has 7 heteroatoms. The first-order chi connectivity index (χ1) is 12.9. The SMILES string of the molecule is CN(C)C[C@@H]1CN(Cc2ccccn2)C[C@H]1NS(=O)(=O)Cc1ccccc1. The Hall–Kier alpha value is -1.80. The van der Waals surface area contributed by atoms with Gasteiger partial charge < -0.3 is 4.90 Å². The molecule has 1 fully saturated rings. The van der Waals surface area contributed by atoms with E-state index in [1.54, 1.807) is 6.20 Å². The van der Waals surface area contributed by atoms with Crippen molar-refractivity contribution in [2.45, 2.75) is 18.3 Å². The highest BCUT2D eigenvalue weighted by atomic mass is 32.2. The predicted molar refractivity (Wildman–Crippen MR) is 108 cm³/mol. The van der Waals surface area contributed by atoms with E-state index in [4.69, 9.17) is 0 Å². The van der Waals surface area contributed by atoms with Crippen LogP contribution in [0.25, 0.3) is 0 Å². The summed E-state index contributed by atoms with van der Waals surface area (Å²) < 4.78 is 28.4. The highest BCUT2D eigenvalue weighted by Gasteiger charge is 2.35. The average Bonchev–Trinajstić information content (AvgIpc) is 2.95. The largest absolute Gasteiger partial charge is 0.309 e. The van der Waals surface area contributed by atoms with Crippen molar-refractivity contribution in [3.05, 3.63) is 66.0 Å². The molecule has 0 radical (unpaired) electrons. The lowest BCUT2D eigenvalue weighted by Crippen LogP contribution is -2.43. The van der Waals surface area contributed by atoms with Crippen molar-refractivity contribution >= 4 is 10.0 Å². The number of aromatic nitrogens is 1. The van der Waals surface area contributed by atoms with Crippen molar-refractivity contribution in [3.63, 3.8) is 0 Å². The Morgan fingerprint density at radius 2 is 1.85 bits per heavy atom. The second kappa shape index (κ2) is 8.93. The summed E-state index contributed by atoms with van der Waals surface area (Å²) in [6.07, 6.45) is 1.79. The standard InChI is InChI=1S/C20H28N4O2S/c1-23(2)12-18-13-24(14-19-10-6-7-11-21-19)15-20(18)22-27(25,26)16-17-8-4-3-5-9-17/h3-11,18,20,22H,12-16H2,1-2H3/t18-,20-/m1/s1. The van der Waals surface area contributed by atoms with Gasteiger partial charge in [0.25, 0.3) is 0 Å². The molecule has 1 aliphatic heterocycles. The van der Waals surface area contributed by atoms with Crippen LogP contribution in [0.4, 0.5) is 0 Å². The maximum absolute atomic E-state index is 12.7. The third-order valence-electron chi connectivity index (χ3n) is 4.76. The quantitative estimate of drug-likeness (QED) is 0.744. The van der Waals surface area contributed by atoms with Crippen LogP contribution >= 0.6 is 0 Å². The van der Waals surface area contributed by atoms with Crippen LogP contribution in [0, 0.1) is 5.92 Å². The maximum atomic E-state index is 12.7. The number of hydrogen-bond donors (Lipinski definition) is 1. The molecular weight excluding hydrogens is 360 g/mol. The smallest absolute Gasteiger partial charge is 0.216 e. The molecule has 2 atom stereocenters. The molecule has 0 saturated carbocycles. The number of likely N-dealkylation sites (tertiary alicyclic amines) is 1. The molecule has 1 aromatic carbocycles. The van der Waals surface area contributed by atoms with E-state index >= 15 is 0 Å². The topological polar surface area (TPSA) is 65.5 Å². The van der Waals surface area contributed by atoms with Gasteiger partial charge in [-0.3, -0.25) is 9.88 Å². The molecule has 1 aliphatic rings. The number of sulfonamides is 1. The summed E-state index contributed by atoms with van der Waals surface area (Å²) in [4.78, 5) is 8.80. The lowest BCUT2D eigenvalue weighted by atomic mass is 10.0. The van der Waals surface area contributed by atoms with Crippen LogP contribution in [0.3, 0.4) is 0 Å². The fourth-order valence-electron chi connectivity index (χ4n) is 3.66. The normalized spacial score (nSPS) is 21.0. The first-order valence-corrected chi connectivity index (χ1v) is 10.9. The summed E-state index contributed by atoms with van der Waals surface area (Å²) in [5, 5.41) is 0. The minimum Gasteiger partial charge on any atom is -0.309 e. The van der Waals surface area contributed by atoms with Crippen molar-refractivity contribution in [1.82, 2.24) is 19.5 Å². The van der Waals surface area contributed by atoms with Gasteiger partial charge in [-0.05, 0) is 31.8 Å². The highest BCUT2D eigenvalue weighted by Crippen LogP contribution is 2.21. The number of nitrogens with one attached hydrogen (secondary N) is 1. The molecule has 2 aromatic rings. The van der Waals surface area contributed by atoms with Gasteiger partial charge in [0.15, 0.2) is 0 Å². The van der Waals surface area contributed by atoms with Crippen LogP contribution in [0.15, 0.2) is 54.7 Å². The second-order valence-electron chi connectivity index (χ2n) is 7.51. The number of benzene rings is 1. The van der Waals surface area contributed by atoms with Gasteiger partial charge in [0.1, 0.15) is 0 Å². The van der Waals surface area contributed by atoms with Gasteiger partial charge in [0.2, 0.25) is 10.0 Å². The van der Waals surface area contributed by atoms with E-state index in [2.05, 4.69) is 19.5 Å². The summed E-state index contributed by atoms with van der Waals surface area (Å²) >= 11 is 0. The van der Waals surface area contributed by atoms with Gasteiger partial charge in [-0.1, -0.05) is 36.4 Å². The van der Waals surface area contributed by atoms with Gasteiger partial charge in [0, 0.05) is 44.3 Å². The Kier molecular flexibility index (Phi) is 6.59. The monoisotopic (exact) mass is 388 g/mol. The molecule has 0 amide bonds. The van der Waals surface area contributed by atoms with Gasteiger partial charge in [-0.15, -0.1) is 0 Å². The summed E-state index contributed by atoms with van der Waals surface area (Å²) in [5.74, 6) is 0.258. The second-order valence-corrected chi connectivity index (χ2v) is 9.26. The molecule has 1 saturated heterocycles. The van der Waals surface area contributed by atoms with Gasteiger partial charge in [-0.25, -0.2) is 13.1 Å². The molecular formula is C20H28N4O2S. The number of pyridine rings is 1. The summed E-state index contributed by atoms with van der Waals surface area (Å²) in [6, 6.07) is 15.1. The predicted octanol–water partition coefficient (Wildman–Crippen LogP) is 1.56. The van der Waals surface area contributed by atoms with Crippen LogP contribution in [-0.4, -0.2) is 63.0 Å². The zero-order valence-electron chi connectivity index (χ0n) is 16.0. The van der Waals surface area contributed by atoms with Crippen LogP contribution in [0.5, 0.6) is 0 Å². The zero-order chi connectivity index (χ0) is 19.3. The van der Waals surface area contributed by atoms with E-state index in [1.165, 1.54) is 0 Å². The van der Waals surface area contributed by atoms with E-state index in [-0.39, 0.29) is 17.7 Å². The molecule has 6 nitrogen and oxygen atoms in total. The Morgan fingerprint density at radius 3 is 2.52 bits per heavy atom. The fraction of sp³-hybridized carbons (Fsp3) is 0.450. The van der Waals surface area contributed by atoms with Crippen LogP contribution in [-0.2, 0) is 22.3 Å². The maximum Gasteiger partial charge on any atom is 0.216 e. The Balaban J connectivity index is 1.67. The number of nitrogens with zero attached hydrogens (tertiary/aromatic N) is 3. The van der Waals surface area contributed by atoms with Gasteiger partial charge in [0.05, 0.1) is 11.4 Å². The van der Waals surface area contributed by atoms with Crippen LogP contribution < -0.4 is 4.72 Å². The van der Waals surface area contributed by atoms with Gasteiger partial charge in [-0.2, -0.15) is 0 Å². The van der Waals surface area contributed by atoms with E-state index in [9.17, 15) is 8.42 Å². The molecule has 0 bridgehead atoms. The molecule has 1 N–H and O–H groups in total. The molecule has 1 aromatic heterocycles. The molecule has 2 heterocycles. The van der Waals surface area contributed by atoms with Crippen molar-refractivity contribution in [1.29, 1.82) is 0 Å². The van der Waals surface area contributed by atoms with Crippen molar-refractivity contribution in [2.24, 2.45) is 5.92 Å². The van der Waals surface area contributed by atoms with Crippen molar-refractivity contribution in [3.8, 4) is 0 Å². The molecule has 146 valence electrons. The number of rotatable bonds is 8. The van der Waals surface area contributed by atoms with E-state index in [1.807, 2.05) is 62.6 Å². The Bertz CT molecular complexity index is 812. The highest BCUT2D eigenvalue weighted by molar-refractivity contribution is 7.88. The summed E-state index contributed by atoms with van der Waals surface area (Å²) in [5.41, 5.74) is 1.81. The Labute approximate surface area is 162 Å². The van der Waals surface area contributed by atoms with Crippen LogP contribution in [0.1, 0.15) is 11.3 Å². The molecule has 27 heavy (non-hydrogen) atoms. The zero-order valence-corrected chi connectivity index (χ0v) is 16.8. The van der Waals surface area contributed by atoms with Crippen molar-refractivity contribution in [2.75, 3.05) is 33.7 Å². The van der Waals surface area contributed by atoms with Gasteiger partial charge >= 0.3 is 0 Å². The van der Waals surface area contributed by atoms with E-state index < -0.39 is 10.0 Å². The minimum atomic E-state index is -3.39. The summed E-state index contributed by atoms with van der Waals surface area (Å²) in [7, 11) is 0.656. The lowest BCUT2D eigenvalue weighted by Gasteiger charge is -2.22. The fourth-order valence-corrected chi connectivity index (χ4v) is 5.11. The molecule has 0 spiro atoms. The third-order valence-corrected chi connectivity index (χ3v) is 6.13. The van der Waals surface area contributed by atoms with Crippen molar-refractivity contribution < 1.29 is 8.42 Å². The molecule has 0 aliphatic carbocycles. The minimum absolute atomic E-state index is 0.0132. The molecule has 0 unspecified atom stereocenters. The lowest BCUT2D eigenvalue weighted by molar-refractivity contribution is 0.282. The number of hydrogen-bond acceptors (Lipinski definition) is 5. The third kappa shape index (κ3) is 6.10. The Morgan fingerprint density at radius 1 is 1.11 bits per heavy atom. The first kappa shape index (κ1) is 19.9.